The molecule has 0 radical (unpaired) electrons. The van der Waals surface area contributed by atoms with E-state index in [4.69, 9.17) is 23.8 Å². The monoisotopic (exact) mass is 527 g/mol. The van der Waals surface area contributed by atoms with Crippen molar-refractivity contribution >= 4 is 35.6 Å². The Morgan fingerprint density at radius 1 is 1.26 bits per heavy atom. The van der Waals surface area contributed by atoms with Crippen LogP contribution in [0.15, 0.2) is 23.5 Å². The lowest BCUT2D eigenvalue weighted by atomic mass is 9.96. The summed E-state index contributed by atoms with van der Waals surface area (Å²) in [6, 6.07) is 5.58. The van der Waals surface area contributed by atoms with E-state index in [0.717, 1.165) is 0 Å². The van der Waals surface area contributed by atoms with E-state index in [9.17, 15) is 19.6 Å². The molecule has 0 spiro atoms. The van der Waals surface area contributed by atoms with Crippen LogP contribution in [0.3, 0.4) is 0 Å². The van der Waals surface area contributed by atoms with Gasteiger partial charge in [0.05, 0.1) is 12.0 Å². The second-order valence-corrected chi connectivity index (χ2v) is 9.62. The van der Waals surface area contributed by atoms with Crippen LogP contribution < -0.4 is 0 Å². The second kappa shape index (κ2) is 9.31. The Hall–Kier alpha value is -4.13. The van der Waals surface area contributed by atoms with E-state index in [1.165, 1.54) is 6.33 Å². The highest BCUT2D eigenvalue weighted by Gasteiger charge is 2.65. The summed E-state index contributed by atoms with van der Waals surface area (Å²) < 4.78 is 25.0. The fourth-order valence-electron chi connectivity index (χ4n) is 4.55. The molecule has 3 aliphatic heterocycles. The summed E-state index contributed by atoms with van der Waals surface area (Å²) in [4.78, 5) is 50.9. The van der Waals surface area contributed by atoms with E-state index >= 15 is 0 Å². The van der Waals surface area contributed by atoms with Gasteiger partial charge in [0.1, 0.15) is 42.8 Å². The van der Waals surface area contributed by atoms with Crippen molar-refractivity contribution in [3.8, 4) is 6.07 Å². The number of hydrogen-bond acceptors (Lipinski definition) is 12. The smallest absolute Gasteiger partial charge is 0.428 e. The van der Waals surface area contributed by atoms with E-state index in [2.05, 4.69) is 21.1 Å². The van der Waals surface area contributed by atoms with Gasteiger partial charge in [-0.15, -0.1) is 0 Å². The third kappa shape index (κ3) is 4.42. The van der Waals surface area contributed by atoms with E-state index in [1.807, 2.05) is 14.1 Å². The van der Waals surface area contributed by atoms with E-state index < -0.39 is 54.3 Å². The maximum atomic E-state index is 12.3. The third-order valence-corrected chi connectivity index (χ3v) is 6.15. The maximum absolute atomic E-state index is 12.3. The van der Waals surface area contributed by atoms with Crippen LogP contribution in [0.2, 0.25) is 0 Å². The van der Waals surface area contributed by atoms with Crippen molar-refractivity contribution in [3.05, 3.63) is 24.2 Å². The van der Waals surface area contributed by atoms with Crippen LogP contribution in [0.25, 0.3) is 5.52 Å². The molecule has 0 bridgehead atoms. The fourth-order valence-corrected chi connectivity index (χ4v) is 4.55. The van der Waals surface area contributed by atoms with Crippen LogP contribution in [0.5, 0.6) is 0 Å². The standard InChI is InChI=1S/C23H25N7O8/c1-22(2)35-18-17(13-5-6-14-20(26-12-28(3)4)25-11-27-29(13)14)36-23(9-24,19(18)37-22)10-34-21(33)38-30-15(31)7-8-16(30)32/h5-6,11-12,17-19H,7-8,10H2,1-4H3/b26-12-/t17-,18-,19-,23+/m0/s1. The summed E-state index contributed by atoms with van der Waals surface area (Å²) in [5, 5.41) is 14.9. The first-order chi connectivity index (χ1) is 18.0. The molecule has 2 amide bonds. The van der Waals surface area contributed by atoms with Gasteiger partial charge in [-0.2, -0.15) is 10.4 Å². The number of nitrogens with zero attached hydrogens (tertiary/aromatic N) is 7. The van der Waals surface area contributed by atoms with Crippen LogP contribution in [0, 0.1) is 11.3 Å². The van der Waals surface area contributed by atoms with Gasteiger partial charge in [-0.3, -0.25) is 14.4 Å². The largest absolute Gasteiger partial charge is 0.534 e. The molecule has 0 aromatic carbocycles. The number of amides is 2. The predicted molar refractivity (Wildman–Crippen MR) is 124 cm³/mol. The van der Waals surface area contributed by atoms with Crippen LogP contribution >= 0.6 is 0 Å². The lowest BCUT2D eigenvalue weighted by molar-refractivity contribution is -0.208. The molecule has 0 unspecified atom stereocenters. The van der Waals surface area contributed by atoms with Gasteiger partial charge in [0.15, 0.2) is 11.6 Å². The number of nitriles is 1. The van der Waals surface area contributed by atoms with E-state index in [1.54, 1.807) is 41.7 Å². The zero-order valence-corrected chi connectivity index (χ0v) is 21.1. The van der Waals surface area contributed by atoms with Gasteiger partial charge in [-0.25, -0.2) is 19.3 Å². The molecule has 2 aromatic rings. The van der Waals surface area contributed by atoms with E-state index in [0.29, 0.717) is 22.1 Å². The first-order valence-electron chi connectivity index (χ1n) is 11.7. The van der Waals surface area contributed by atoms with Crippen molar-refractivity contribution in [1.29, 1.82) is 5.26 Å². The highest BCUT2D eigenvalue weighted by atomic mass is 16.8. The number of imide groups is 1. The van der Waals surface area contributed by atoms with Crippen molar-refractivity contribution in [2.75, 3.05) is 20.7 Å². The minimum atomic E-state index is -1.80. The molecule has 38 heavy (non-hydrogen) atoms. The maximum Gasteiger partial charge on any atom is 0.534 e. The number of carbonyl (C=O) groups excluding carboxylic acids is 3. The summed E-state index contributed by atoms with van der Waals surface area (Å²) in [5.41, 5.74) is -0.675. The van der Waals surface area contributed by atoms with Crippen molar-refractivity contribution < 1.29 is 38.2 Å². The van der Waals surface area contributed by atoms with Gasteiger partial charge < -0.3 is 23.8 Å². The summed E-state index contributed by atoms with van der Waals surface area (Å²) in [6.45, 7) is 2.76. The average Bonchev–Trinajstić information content (AvgIpc) is 3.60. The minimum Gasteiger partial charge on any atom is -0.428 e. The summed E-state index contributed by atoms with van der Waals surface area (Å²) in [7, 11) is 3.66. The molecule has 0 N–H and O–H groups in total. The Labute approximate surface area is 216 Å². The first kappa shape index (κ1) is 25.5. The topological polar surface area (TPSA) is 170 Å². The van der Waals surface area contributed by atoms with Crippen molar-refractivity contribution in [2.45, 2.75) is 56.4 Å². The van der Waals surface area contributed by atoms with Gasteiger partial charge in [0, 0.05) is 26.9 Å². The number of ether oxygens (including phenoxy) is 4. The highest BCUT2D eigenvalue weighted by Crippen LogP contribution is 2.50. The molecule has 15 nitrogen and oxygen atoms in total. The number of hydrogen-bond donors (Lipinski definition) is 0. The number of rotatable bonds is 6. The Morgan fingerprint density at radius 3 is 2.68 bits per heavy atom. The molecule has 3 saturated heterocycles. The summed E-state index contributed by atoms with van der Waals surface area (Å²) >= 11 is 0. The molecule has 0 aliphatic carbocycles. The molecule has 15 heteroatoms. The van der Waals surface area contributed by atoms with Gasteiger partial charge >= 0.3 is 6.16 Å². The molecule has 5 rings (SSSR count). The lowest BCUT2D eigenvalue weighted by Gasteiger charge is -2.28. The molecule has 200 valence electrons. The minimum absolute atomic E-state index is 0.0694. The van der Waals surface area contributed by atoms with Crippen LogP contribution in [-0.4, -0.2) is 93.2 Å². The van der Waals surface area contributed by atoms with Crippen LogP contribution in [-0.2, 0) is 33.4 Å². The van der Waals surface area contributed by atoms with Crippen LogP contribution in [0.1, 0.15) is 38.5 Å². The Kier molecular flexibility index (Phi) is 6.25. The average molecular weight is 527 g/mol. The summed E-state index contributed by atoms with van der Waals surface area (Å²) in [5.74, 6) is -1.98. The number of fused-ring (bicyclic) bond motifs is 2. The van der Waals surface area contributed by atoms with Crippen molar-refractivity contribution in [1.82, 2.24) is 24.6 Å². The zero-order valence-electron chi connectivity index (χ0n) is 21.1. The van der Waals surface area contributed by atoms with Crippen molar-refractivity contribution in [2.24, 2.45) is 4.99 Å². The number of hydroxylamine groups is 2. The number of aromatic nitrogens is 3. The Morgan fingerprint density at radius 2 is 2.00 bits per heavy atom. The lowest BCUT2D eigenvalue weighted by Crippen LogP contribution is -2.47. The zero-order chi connectivity index (χ0) is 27.2. The van der Waals surface area contributed by atoms with Crippen LogP contribution in [0.4, 0.5) is 10.6 Å². The van der Waals surface area contributed by atoms with Gasteiger partial charge in [-0.1, -0.05) is 5.06 Å². The van der Waals surface area contributed by atoms with Gasteiger partial charge in [0.25, 0.3) is 11.8 Å². The molecule has 3 aliphatic rings. The van der Waals surface area contributed by atoms with E-state index in [-0.39, 0.29) is 12.8 Å². The normalized spacial score (nSPS) is 28.2. The predicted octanol–water partition coefficient (Wildman–Crippen LogP) is 1.02. The molecule has 5 heterocycles. The summed E-state index contributed by atoms with van der Waals surface area (Å²) in [6.07, 6.45) is -1.12. The van der Waals surface area contributed by atoms with Gasteiger partial charge in [-0.05, 0) is 26.0 Å². The fraction of sp³-hybridized carbons (Fsp3) is 0.522. The third-order valence-electron chi connectivity index (χ3n) is 6.15. The molecule has 0 saturated carbocycles. The Bertz CT molecular complexity index is 1350. The first-order valence-corrected chi connectivity index (χ1v) is 11.7. The molecule has 4 atom stereocenters. The molecular weight excluding hydrogens is 502 g/mol. The number of aliphatic imine (C=N–C) groups is 1. The molecule has 3 fully saturated rings. The molecular formula is C23H25N7O8. The molecule has 2 aromatic heterocycles. The quantitative estimate of drug-likeness (QED) is 0.226. The highest BCUT2D eigenvalue weighted by molar-refractivity contribution is 6.01. The SMILES string of the molecule is CN(C)/C=N\c1ncnn2c([C@@H]3O[C@](C#N)(COC(=O)ON4C(=O)CCC4=O)[C@H]4OC(C)(C)O[C@@H]34)ccc12. The van der Waals surface area contributed by atoms with Crippen molar-refractivity contribution in [3.63, 3.8) is 0 Å². The second-order valence-electron chi connectivity index (χ2n) is 9.62. The van der Waals surface area contributed by atoms with Gasteiger partial charge in [0.2, 0.25) is 5.60 Å². The Balaban J connectivity index is 1.42. The number of carbonyl (C=O) groups is 3.